The summed E-state index contributed by atoms with van der Waals surface area (Å²) in [4.78, 5) is 18.5. The highest BCUT2D eigenvalue weighted by molar-refractivity contribution is 6.11. The summed E-state index contributed by atoms with van der Waals surface area (Å²) in [6, 6.07) is 7.29. The maximum absolute atomic E-state index is 15.8. The Morgan fingerprint density at radius 1 is 0.975 bits per heavy atom. The summed E-state index contributed by atoms with van der Waals surface area (Å²) >= 11 is 0. The number of fused-ring (bicyclic) bond motifs is 1. The molecule has 214 valence electrons. The van der Waals surface area contributed by atoms with E-state index in [4.69, 9.17) is 0 Å². The first kappa shape index (κ1) is 27.9. The minimum Gasteiger partial charge on any atom is -0.366 e. The highest BCUT2D eigenvalue weighted by Gasteiger charge is 2.57. The molecule has 0 bridgehead atoms. The molecule has 2 aliphatic rings. The van der Waals surface area contributed by atoms with E-state index in [1.165, 1.54) is 25.2 Å². The minimum atomic E-state index is -4.73. The second-order valence-corrected chi connectivity index (χ2v) is 10.6. The number of benzene rings is 2. The van der Waals surface area contributed by atoms with Gasteiger partial charge in [0.05, 0.1) is 12.1 Å². The van der Waals surface area contributed by atoms with Crippen molar-refractivity contribution in [2.24, 2.45) is 7.05 Å². The highest BCUT2D eigenvalue weighted by atomic mass is 19.4. The first-order chi connectivity index (χ1) is 18.6. The molecule has 7 nitrogen and oxygen atoms in total. The second kappa shape index (κ2) is 9.50. The fourth-order valence-corrected chi connectivity index (χ4v) is 5.47. The predicted octanol–water partition coefficient (Wildman–Crippen LogP) is 5.11. The molecule has 0 N–H and O–H groups in total. The van der Waals surface area contributed by atoms with Crippen molar-refractivity contribution in [2.45, 2.75) is 44.2 Å². The summed E-state index contributed by atoms with van der Waals surface area (Å²) in [6.07, 6.45) is -3.71. The van der Waals surface area contributed by atoms with E-state index in [9.17, 15) is 18.0 Å². The largest absolute Gasteiger partial charge is 0.416 e. The minimum absolute atomic E-state index is 0.000944. The fraction of sp³-hybridized carbons (Fsp3) is 0.444. The SMILES string of the molecule is C[C@@H]1CN(C)CCN1c1cc2c(c(C(F)(F)F)c1)CN(c1cccc([C@@](C)(F)C(F)(F)c3nncn3C)c1)C2=O. The monoisotopic (exact) mass is 566 g/mol. The molecule has 2 aliphatic heterocycles. The first-order valence-electron chi connectivity index (χ1n) is 12.7. The molecule has 0 unspecified atom stereocenters. The summed E-state index contributed by atoms with van der Waals surface area (Å²) in [7, 11) is 3.18. The zero-order chi connectivity index (χ0) is 29.2. The third kappa shape index (κ3) is 4.49. The molecule has 5 rings (SSSR count). The summed E-state index contributed by atoms with van der Waals surface area (Å²) in [5.41, 5.74) is -4.71. The van der Waals surface area contributed by atoms with E-state index >= 15 is 13.2 Å². The summed E-state index contributed by atoms with van der Waals surface area (Å²) in [6.45, 7) is 3.94. The van der Waals surface area contributed by atoms with Gasteiger partial charge in [-0.15, -0.1) is 10.2 Å². The number of rotatable bonds is 5. The van der Waals surface area contributed by atoms with Gasteiger partial charge in [0.15, 0.2) is 0 Å². The summed E-state index contributed by atoms with van der Waals surface area (Å²) in [5, 5.41) is 6.75. The molecule has 13 heteroatoms. The molecule has 1 saturated heterocycles. The van der Waals surface area contributed by atoms with Crippen LogP contribution in [0.1, 0.15) is 46.7 Å². The molecule has 40 heavy (non-hydrogen) atoms. The number of piperazine rings is 1. The smallest absolute Gasteiger partial charge is 0.366 e. The van der Waals surface area contributed by atoms with E-state index in [0.29, 0.717) is 26.6 Å². The van der Waals surface area contributed by atoms with Crippen LogP contribution < -0.4 is 9.80 Å². The van der Waals surface area contributed by atoms with Crippen LogP contribution in [0.25, 0.3) is 0 Å². The number of aromatic nitrogens is 3. The van der Waals surface area contributed by atoms with Gasteiger partial charge in [-0.3, -0.25) is 4.79 Å². The number of carbonyl (C=O) groups excluding carboxylic acids is 1. The van der Waals surface area contributed by atoms with Crippen molar-refractivity contribution in [3.05, 3.63) is 70.8 Å². The molecule has 0 spiro atoms. The summed E-state index contributed by atoms with van der Waals surface area (Å²) in [5.74, 6) is -5.72. The van der Waals surface area contributed by atoms with Crippen molar-refractivity contribution in [1.29, 1.82) is 0 Å². The number of carbonyl (C=O) groups is 1. The average Bonchev–Trinajstić information content (AvgIpc) is 3.46. The fourth-order valence-electron chi connectivity index (χ4n) is 5.47. The third-order valence-electron chi connectivity index (χ3n) is 7.78. The number of likely N-dealkylation sites (N-methyl/N-ethyl adjacent to an activating group) is 1. The Labute approximate surface area is 227 Å². The average molecular weight is 567 g/mol. The van der Waals surface area contributed by atoms with Crippen LogP contribution in [0.4, 0.5) is 37.7 Å². The van der Waals surface area contributed by atoms with E-state index in [0.717, 1.165) is 34.0 Å². The molecule has 1 fully saturated rings. The molecule has 2 atom stereocenters. The van der Waals surface area contributed by atoms with E-state index in [1.54, 1.807) is 0 Å². The lowest BCUT2D eigenvalue weighted by molar-refractivity contribution is -0.149. The van der Waals surface area contributed by atoms with Crippen molar-refractivity contribution in [3.8, 4) is 0 Å². The van der Waals surface area contributed by atoms with E-state index < -0.39 is 47.2 Å². The van der Waals surface area contributed by atoms with Crippen molar-refractivity contribution < 1.29 is 31.1 Å². The Kier molecular flexibility index (Phi) is 6.63. The molecule has 3 aromatic rings. The van der Waals surface area contributed by atoms with Gasteiger partial charge in [-0.05, 0) is 56.3 Å². The van der Waals surface area contributed by atoms with Gasteiger partial charge in [-0.2, -0.15) is 22.0 Å². The van der Waals surface area contributed by atoms with Gasteiger partial charge < -0.3 is 19.3 Å². The quantitative estimate of drug-likeness (QED) is 0.402. The second-order valence-electron chi connectivity index (χ2n) is 10.6. The van der Waals surface area contributed by atoms with Gasteiger partial charge >= 0.3 is 12.1 Å². The van der Waals surface area contributed by atoms with Gasteiger partial charge in [0.2, 0.25) is 11.5 Å². The Hall–Kier alpha value is -3.61. The number of amides is 1. The van der Waals surface area contributed by atoms with Gasteiger partial charge in [-0.1, -0.05) is 12.1 Å². The number of halogens is 6. The van der Waals surface area contributed by atoms with Crippen LogP contribution >= 0.6 is 0 Å². The van der Waals surface area contributed by atoms with Crippen LogP contribution in [0, 0.1) is 0 Å². The molecule has 0 saturated carbocycles. The van der Waals surface area contributed by atoms with Gasteiger partial charge in [0.25, 0.3) is 5.91 Å². The topological polar surface area (TPSA) is 57.5 Å². The van der Waals surface area contributed by atoms with Crippen LogP contribution in [-0.4, -0.2) is 58.3 Å². The predicted molar refractivity (Wildman–Crippen MR) is 136 cm³/mol. The zero-order valence-electron chi connectivity index (χ0n) is 22.3. The first-order valence-corrected chi connectivity index (χ1v) is 12.7. The maximum atomic E-state index is 15.8. The molecular formula is C27H28F6N6O. The Balaban J connectivity index is 1.53. The van der Waals surface area contributed by atoms with Crippen LogP contribution in [0.5, 0.6) is 0 Å². The van der Waals surface area contributed by atoms with Crippen molar-refractivity contribution >= 4 is 17.3 Å². The Morgan fingerprint density at radius 3 is 2.33 bits per heavy atom. The standard InChI is InChI=1S/C27H28F6N6O/c1-16-13-36(3)8-9-38(16)19-11-20-21(22(12-19)27(31,32)33)14-39(23(20)40)18-7-5-6-17(10-18)25(2,28)26(29,30)24-35-34-15-37(24)4/h5-7,10-12,15-16H,8-9,13-14H2,1-4H3/t16-,25-/m1/s1. The van der Waals surface area contributed by atoms with Gasteiger partial charge in [-0.25, -0.2) is 4.39 Å². The summed E-state index contributed by atoms with van der Waals surface area (Å²) < 4.78 is 89.9. The zero-order valence-corrected chi connectivity index (χ0v) is 22.3. The number of hydrogen-bond donors (Lipinski definition) is 0. The number of hydrogen-bond acceptors (Lipinski definition) is 5. The number of alkyl halides is 6. The molecule has 3 heterocycles. The lowest BCUT2D eigenvalue weighted by atomic mass is 9.90. The molecule has 1 aromatic heterocycles. The van der Waals surface area contributed by atoms with Crippen LogP contribution in [0.15, 0.2) is 42.7 Å². The van der Waals surface area contributed by atoms with Crippen LogP contribution in [0.3, 0.4) is 0 Å². The molecule has 0 aliphatic carbocycles. The van der Waals surface area contributed by atoms with E-state index in [-0.39, 0.29) is 28.5 Å². The maximum Gasteiger partial charge on any atom is 0.416 e. The molecule has 1 amide bonds. The number of anilines is 2. The van der Waals surface area contributed by atoms with E-state index in [1.807, 2.05) is 18.9 Å². The number of aryl methyl sites for hydroxylation is 1. The third-order valence-corrected chi connectivity index (χ3v) is 7.78. The lowest BCUT2D eigenvalue weighted by Crippen LogP contribution is -2.50. The lowest BCUT2D eigenvalue weighted by Gasteiger charge is -2.40. The van der Waals surface area contributed by atoms with E-state index in [2.05, 4.69) is 15.1 Å². The Bertz CT molecular complexity index is 1450. The van der Waals surface area contributed by atoms with Crippen LogP contribution in [-0.2, 0) is 31.4 Å². The van der Waals surface area contributed by atoms with Crippen molar-refractivity contribution in [2.75, 3.05) is 36.5 Å². The molecule has 2 aromatic carbocycles. The number of nitrogens with zero attached hydrogens (tertiary/aromatic N) is 6. The molecular weight excluding hydrogens is 538 g/mol. The Morgan fingerprint density at radius 2 is 1.70 bits per heavy atom. The normalized spacial score (nSPS) is 20.1. The van der Waals surface area contributed by atoms with Crippen molar-refractivity contribution in [1.82, 2.24) is 19.7 Å². The van der Waals surface area contributed by atoms with Gasteiger partial charge in [0.1, 0.15) is 6.33 Å². The molecule has 0 radical (unpaired) electrons. The van der Waals surface area contributed by atoms with Crippen LogP contribution in [0.2, 0.25) is 0 Å². The highest BCUT2D eigenvalue weighted by Crippen LogP contribution is 2.48. The van der Waals surface area contributed by atoms with Gasteiger partial charge in [0, 0.05) is 49.7 Å². The van der Waals surface area contributed by atoms with Crippen molar-refractivity contribution in [3.63, 3.8) is 0 Å².